The standard InChI is InChI=1S/C13H17NO5/c1-7-5-10(19-4)8(6-9(7)18-3)12(15)11(14-2)13(16)17/h5-6,11,14H,1-4H3,(H,16,17). The number of aliphatic carboxylic acids is 1. The third kappa shape index (κ3) is 3.03. The van der Waals surface area contributed by atoms with Gasteiger partial charge >= 0.3 is 5.97 Å². The van der Waals surface area contributed by atoms with Crippen molar-refractivity contribution in [2.75, 3.05) is 21.3 Å². The lowest BCUT2D eigenvalue weighted by Crippen LogP contribution is -2.41. The van der Waals surface area contributed by atoms with Crippen LogP contribution in [-0.2, 0) is 4.79 Å². The van der Waals surface area contributed by atoms with Crippen molar-refractivity contribution in [1.82, 2.24) is 5.32 Å². The van der Waals surface area contributed by atoms with Crippen LogP contribution in [0.4, 0.5) is 0 Å². The Morgan fingerprint density at radius 2 is 1.79 bits per heavy atom. The van der Waals surface area contributed by atoms with Crippen LogP contribution in [0.1, 0.15) is 15.9 Å². The van der Waals surface area contributed by atoms with Crippen LogP contribution < -0.4 is 14.8 Å². The van der Waals surface area contributed by atoms with E-state index < -0.39 is 17.8 Å². The van der Waals surface area contributed by atoms with Gasteiger partial charge in [-0.05, 0) is 31.7 Å². The molecule has 0 radical (unpaired) electrons. The fraction of sp³-hybridized carbons (Fsp3) is 0.385. The van der Waals surface area contributed by atoms with Gasteiger partial charge in [0.15, 0.2) is 11.8 Å². The van der Waals surface area contributed by atoms with Gasteiger partial charge in [0.1, 0.15) is 11.5 Å². The molecule has 1 aromatic rings. The number of methoxy groups -OCH3 is 2. The number of carboxylic acid groups (broad SMARTS) is 1. The number of Topliss-reactive ketones (excluding diaryl/α,β-unsaturated/α-hetero) is 1. The minimum Gasteiger partial charge on any atom is -0.496 e. The summed E-state index contributed by atoms with van der Waals surface area (Å²) in [5.74, 6) is -0.992. The molecule has 0 aliphatic rings. The van der Waals surface area contributed by atoms with E-state index in [4.69, 9.17) is 14.6 Å². The minimum absolute atomic E-state index is 0.173. The summed E-state index contributed by atoms with van der Waals surface area (Å²) in [6.45, 7) is 1.81. The third-order valence-electron chi connectivity index (χ3n) is 2.78. The van der Waals surface area contributed by atoms with E-state index >= 15 is 0 Å². The highest BCUT2D eigenvalue weighted by atomic mass is 16.5. The molecular weight excluding hydrogens is 250 g/mol. The van der Waals surface area contributed by atoms with Gasteiger partial charge in [-0.25, -0.2) is 0 Å². The van der Waals surface area contributed by atoms with Crippen LogP contribution in [0.5, 0.6) is 11.5 Å². The first kappa shape index (κ1) is 15.0. The van der Waals surface area contributed by atoms with Crippen molar-refractivity contribution in [1.29, 1.82) is 0 Å². The lowest BCUT2D eigenvalue weighted by molar-refractivity contribution is -0.137. The summed E-state index contributed by atoms with van der Waals surface area (Å²) in [5.41, 5.74) is 0.971. The van der Waals surface area contributed by atoms with Gasteiger partial charge in [0.25, 0.3) is 0 Å². The molecule has 1 atom stereocenters. The molecule has 1 rings (SSSR count). The summed E-state index contributed by atoms with van der Waals surface area (Å²) in [6.07, 6.45) is 0. The number of carboxylic acids is 1. The molecule has 2 N–H and O–H groups in total. The molecule has 0 saturated carbocycles. The van der Waals surface area contributed by atoms with Gasteiger partial charge in [0.05, 0.1) is 19.8 Å². The van der Waals surface area contributed by atoms with E-state index in [-0.39, 0.29) is 5.56 Å². The zero-order valence-electron chi connectivity index (χ0n) is 11.3. The summed E-state index contributed by atoms with van der Waals surface area (Å²) in [6, 6.07) is 1.81. The van der Waals surface area contributed by atoms with Crippen molar-refractivity contribution >= 4 is 11.8 Å². The highest BCUT2D eigenvalue weighted by molar-refractivity contribution is 6.13. The Labute approximate surface area is 111 Å². The van der Waals surface area contributed by atoms with Gasteiger partial charge in [-0.1, -0.05) is 0 Å². The average Bonchev–Trinajstić information content (AvgIpc) is 2.38. The molecule has 0 aliphatic heterocycles. The summed E-state index contributed by atoms with van der Waals surface area (Å²) in [4.78, 5) is 23.2. The predicted octanol–water partition coefficient (Wildman–Crippen LogP) is 0.868. The first-order chi connectivity index (χ1) is 8.96. The van der Waals surface area contributed by atoms with Crippen molar-refractivity contribution < 1.29 is 24.2 Å². The van der Waals surface area contributed by atoms with Gasteiger partial charge in [-0.2, -0.15) is 0 Å². The maximum absolute atomic E-state index is 12.2. The maximum atomic E-state index is 12.2. The van der Waals surface area contributed by atoms with Crippen LogP contribution in [0.3, 0.4) is 0 Å². The maximum Gasteiger partial charge on any atom is 0.328 e. The molecule has 19 heavy (non-hydrogen) atoms. The average molecular weight is 267 g/mol. The first-order valence-corrected chi connectivity index (χ1v) is 5.63. The summed E-state index contributed by atoms with van der Waals surface area (Å²) in [7, 11) is 4.32. The highest BCUT2D eigenvalue weighted by Gasteiger charge is 2.28. The van der Waals surface area contributed by atoms with Gasteiger partial charge in [0, 0.05) is 0 Å². The Bertz CT molecular complexity index is 498. The smallest absolute Gasteiger partial charge is 0.328 e. The largest absolute Gasteiger partial charge is 0.496 e. The Morgan fingerprint density at radius 3 is 2.21 bits per heavy atom. The van der Waals surface area contributed by atoms with E-state index in [1.165, 1.54) is 27.3 Å². The van der Waals surface area contributed by atoms with Gasteiger partial charge < -0.3 is 19.9 Å². The van der Waals surface area contributed by atoms with Crippen LogP contribution in [0.25, 0.3) is 0 Å². The van der Waals surface area contributed by atoms with Crippen LogP contribution in [0.2, 0.25) is 0 Å². The molecule has 0 saturated heterocycles. The number of hydrogen-bond acceptors (Lipinski definition) is 5. The summed E-state index contributed by atoms with van der Waals surface area (Å²) < 4.78 is 10.3. The molecule has 1 unspecified atom stereocenters. The van der Waals surface area contributed by atoms with Crippen LogP contribution in [0.15, 0.2) is 12.1 Å². The second-order valence-corrected chi connectivity index (χ2v) is 3.95. The molecule has 6 heteroatoms. The summed E-state index contributed by atoms with van der Waals surface area (Å²) >= 11 is 0. The van der Waals surface area contributed by atoms with E-state index in [0.29, 0.717) is 11.5 Å². The number of ketones is 1. The number of carbonyl (C=O) groups excluding carboxylic acids is 1. The van der Waals surface area contributed by atoms with E-state index in [9.17, 15) is 9.59 Å². The molecule has 1 aromatic carbocycles. The second kappa shape index (κ2) is 6.19. The molecule has 6 nitrogen and oxygen atoms in total. The molecule has 0 bridgehead atoms. The summed E-state index contributed by atoms with van der Waals surface area (Å²) in [5, 5.41) is 11.5. The van der Waals surface area contributed by atoms with E-state index in [1.54, 1.807) is 6.07 Å². The number of aryl methyl sites for hydroxylation is 1. The lowest BCUT2D eigenvalue weighted by atomic mass is 10.0. The van der Waals surface area contributed by atoms with Gasteiger partial charge in [0.2, 0.25) is 0 Å². The predicted molar refractivity (Wildman–Crippen MR) is 69.1 cm³/mol. The van der Waals surface area contributed by atoms with Gasteiger partial charge in [-0.3, -0.25) is 9.59 Å². The first-order valence-electron chi connectivity index (χ1n) is 5.63. The van der Waals surface area contributed by atoms with E-state index in [2.05, 4.69) is 5.32 Å². The molecule has 0 aliphatic carbocycles. The zero-order chi connectivity index (χ0) is 14.6. The molecule has 0 spiro atoms. The lowest BCUT2D eigenvalue weighted by Gasteiger charge is -2.15. The molecule has 0 fully saturated rings. The van der Waals surface area contributed by atoms with E-state index in [0.717, 1.165) is 5.56 Å². The normalized spacial score (nSPS) is 11.8. The fourth-order valence-electron chi connectivity index (χ4n) is 1.77. The number of nitrogens with one attached hydrogen (secondary N) is 1. The van der Waals surface area contributed by atoms with Crippen molar-refractivity contribution in [2.24, 2.45) is 0 Å². The number of hydrogen-bond donors (Lipinski definition) is 2. The topological polar surface area (TPSA) is 84.9 Å². The third-order valence-corrected chi connectivity index (χ3v) is 2.78. The van der Waals surface area contributed by atoms with Crippen LogP contribution in [-0.4, -0.2) is 44.2 Å². The molecule has 0 amide bonds. The van der Waals surface area contributed by atoms with Crippen molar-refractivity contribution in [3.8, 4) is 11.5 Å². The Balaban J connectivity index is 3.31. The van der Waals surface area contributed by atoms with Crippen molar-refractivity contribution in [2.45, 2.75) is 13.0 Å². The molecular formula is C13H17NO5. The van der Waals surface area contributed by atoms with Crippen LogP contribution in [0, 0.1) is 6.92 Å². The van der Waals surface area contributed by atoms with Crippen LogP contribution >= 0.6 is 0 Å². The van der Waals surface area contributed by atoms with E-state index in [1.807, 2.05) is 6.92 Å². The minimum atomic E-state index is -1.32. The van der Waals surface area contributed by atoms with Crippen molar-refractivity contribution in [3.05, 3.63) is 23.3 Å². The van der Waals surface area contributed by atoms with Gasteiger partial charge in [-0.15, -0.1) is 0 Å². The monoisotopic (exact) mass is 267 g/mol. The Kier molecular flexibility index (Phi) is 4.88. The quantitative estimate of drug-likeness (QED) is 0.587. The highest BCUT2D eigenvalue weighted by Crippen LogP contribution is 2.29. The SMILES string of the molecule is CNC(C(=O)O)C(=O)c1cc(OC)c(C)cc1OC. The second-order valence-electron chi connectivity index (χ2n) is 3.95. The Morgan fingerprint density at radius 1 is 1.21 bits per heavy atom. The number of likely N-dealkylation sites (N-methyl/N-ethyl adjacent to an activating group) is 1. The van der Waals surface area contributed by atoms with Crippen molar-refractivity contribution in [3.63, 3.8) is 0 Å². The Hall–Kier alpha value is -2.08. The number of rotatable bonds is 6. The molecule has 104 valence electrons. The number of benzene rings is 1. The zero-order valence-corrected chi connectivity index (χ0v) is 11.3. The molecule has 0 aromatic heterocycles. The molecule has 0 heterocycles. The number of carbonyl (C=O) groups is 2. The fourth-order valence-corrected chi connectivity index (χ4v) is 1.77. The number of ether oxygens (including phenoxy) is 2.